The van der Waals surface area contributed by atoms with Crippen molar-refractivity contribution < 1.29 is 0 Å². The minimum Gasteiger partial charge on any atom is -0.355 e. The second-order valence-corrected chi connectivity index (χ2v) is 8.11. The molecule has 27 heavy (non-hydrogen) atoms. The molecule has 2 heterocycles. The molecule has 1 atom stereocenters. The Morgan fingerprint density at radius 3 is 2.85 bits per heavy atom. The van der Waals surface area contributed by atoms with Crippen LogP contribution < -0.4 is 10.6 Å². The van der Waals surface area contributed by atoms with E-state index in [4.69, 9.17) is 0 Å². The smallest absolute Gasteiger partial charge is 0.191 e. The number of rotatable bonds is 10. The summed E-state index contributed by atoms with van der Waals surface area (Å²) in [5, 5.41) is 9.23. The van der Waals surface area contributed by atoms with Crippen LogP contribution in [0.1, 0.15) is 44.1 Å². The average molecular weight is 508 g/mol. The molecule has 1 unspecified atom stereocenters. The predicted octanol–water partition coefficient (Wildman–Crippen LogP) is 3.40. The van der Waals surface area contributed by atoms with Crippen molar-refractivity contribution in [3.8, 4) is 0 Å². The van der Waals surface area contributed by atoms with Gasteiger partial charge in [0.25, 0.3) is 0 Å². The minimum absolute atomic E-state index is 0. The summed E-state index contributed by atoms with van der Waals surface area (Å²) in [5.41, 5.74) is 1.52. The molecule has 1 aliphatic rings. The van der Waals surface area contributed by atoms with E-state index < -0.39 is 0 Å². The highest BCUT2D eigenvalue weighted by molar-refractivity contribution is 14.0. The molecular weight excluding hydrogens is 469 g/mol. The molecule has 0 bridgehead atoms. The summed E-state index contributed by atoms with van der Waals surface area (Å²) in [6.45, 7) is 14.4. The fraction of sp³-hybridized carbons (Fsp3) is 0.750. The molecule has 2 N–H and O–H groups in total. The zero-order valence-electron chi connectivity index (χ0n) is 17.5. The van der Waals surface area contributed by atoms with Crippen LogP contribution in [0.3, 0.4) is 0 Å². The van der Waals surface area contributed by atoms with Gasteiger partial charge in [-0.2, -0.15) is 0 Å². The summed E-state index contributed by atoms with van der Waals surface area (Å²) in [5.74, 6) is 0.925. The van der Waals surface area contributed by atoms with Crippen molar-refractivity contribution in [2.75, 3.05) is 46.3 Å². The number of thiophene rings is 1. The van der Waals surface area contributed by atoms with Gasteiger partial charge in [-0.15, -0.1) is 35.3 Å². The van der Waals surface area contributed by atoms with Crippen LogP contribution in [0.15, 0.2) is 16.4 Å². The quantitative estimate of drug-likeness (QED) is 0.290. The monoisotopic (exact) mass is 507 g/mol. The molecule has 0 aromatic carbocycles. The lowest BCUT2D eigenvalue weighted by atomic mass is 10.1. The highest BCUT2D eigenvalue weighted by Crippen LogP contribution is 2.23. The lowest BCUT2D eigenvalue weighted by Crippen LogP contribution is -2.45. The third-order valence-electron chi connectivity index (χ3n) is 5.22. The topological polar surface area (TPSA) is 42.9 Å². The first-order valence-electron chi connectivity index (χ1n) is 10.1. The van der Waals surface area contributed by atoms with Crippen LogP contribution in [0, 0.1) is 0 Å². The van der Waals surface area contributed by atoms with Gasteiger partial charge >= 0.3 is 0 Å². The number of hydrogen-bond donors (Lipinski definition) is 2. The molecule has 2 rings (SSSR count). The maximum Gasteiger partial charge on any atom is 0.191 e. The molecule has 1 aromatic rings. The Morgan fingerprint density at radius 1 is 1.37 bits per heavy atom. The first-order chi connectivity index (χ1) is 12.7. The fourth-order valence-corrected chi connectivity index (χ4v) is 4.38. The average Bonchev–Trinajstić information content (AvgIpc) is 3.12. The Bertz CT molecular complexity index is 544. The van der Waals surface area contributed by atoms with Crippen LogP contribution in [0.2, 0.25) is 0 Å². The van der Waals surface area contributed by atoms with E-state index in [0.29, 0.717) is 6.04 Å². The first kappa shape index (κ1) is 24.7. The maximum absolute atomic E-state index is 4.38. The first-order valence-corrected chi connectivity index (χ1v) is 11.0. The molecule has 0 aliphatic carbocycles. The van der Waals surface area contributed by atoms with Gasteiger partial charge in [0.15, 0.2) is 5.96 Å². The predicted molar refractivity (Wildman–Crippen MR) is 130 cm³/mol. The van der Waals surface area contributed by atoms with Gasteiger partial charge < -0.3 is 15.5 Å². The number of fused-ring (bicyclic) bond motifs is 1. The van der Waals surface area contributed by atoms with Crippen molar-refractivity contribution in [1.82, 2.24) is 20.4 Å². The van der Waals surface area contributed by atoms with Crippen molar-refractivity contribution in [3.63, 3.8) is 0 Å². The van der Waals surface area contributed by atoms with Gasteiger partial charge in [-0.25, -0.2) is 0 Å². The normalized spacial score (nSPS) is 16.0. The van der Waals surface area contributed by atoms with Gasteiger partial charge in [-0.05, 0) is 62.8 Å². The third kappa shape index (κ3) is 8.66. The highest BCUT2D eigenvalue weighted by atomic mass is 127. The van der Waals surface area contributed by atoms with Crippen LogP contribution in [0.25, 0.3) is 0 Å². The molecule has 0 amide bonds. The number of guanidine groups is 1. The number of aliphatic imine (C=N–C) groups is 1. The summed E-state index contributed by atoms with van der Waals surface area (Å²) in [6.07, 6.45) is 3.59. The van der Waals surface area contributed by atoms with E-state index in [0.717, 1.165) is 38.7 Å². The van der Waals surface area contributed by atoms with Crippen LogP contribution in [-0.4, -0.2) is 68.1 Å². The van der Waals surface area contributed by atoms with Gasteiger partial charge in [0.2, 0.25) is 0 Å². The molecule has 7 heteroatoms. The largest absolute Gasteiger partial charge is 0.355 e. The van der Waals surface area contributed by atoms with Gasteiger partial charge in [0.1, 0.15) is 0 Å². The number of hydrogen-bond acceptors (Lipinski definition) is 4. The van der Waals surface area contributed by atoms with Crippen LogP contribution in [0.4, 0.5) is 0 Å². The molecule has 0 spiro atoms. The molecule has 5 nitrogen and oxygen atoms in total. The van der Waals surface area contributed by atoms with E-state index in [9.17, 15) is 0 Å². The van der Waals surface area contributed by atoms with E-state index in [1.165, 1.54) is 37.9 Å². The van der Waals surface area contributed by atoms with Gasteiger partial charge in [0.05, 0.1) is 0 Å². The standard InChI is InChI=1S/C20H37N5S.HI/c1-5-24(6-2)12-7-8-17(3)23-20(21-4)22-11-14-25-13-9-19-18(16-25)10-15-26-19;/h10,15,17H,5-9,11-14,16H2,1-4H3,(H2,21,22,23);1H. The molecule has 0 saturated carbocycles. The molecular formula is C20H38IN5S. The molecule has 1 aliphatic heterocycles. The number of halogens is 1. The SMILES string of the molecule is CCN(CC)CCCC(C)NC(=NC)NCCN1CCc2sccc2C1.I. The van der Waals surface area contributed by atoms with Crippen molar-refractivity contribution in [3.05, 3.63) is 21.9 Å². The highest BCUT2D eigenvalue weighted by Gasteiger charge is 2.16. The molecule has 1 aromatic heterocycles. The Kier molecular flexibility index (Phi) is 12.5. The van der Waals surface area contributed by atoms with Gasteiger partial charge in [0, 0.05) is 44.1 Å². The molecule has 156 valence electrons. The Morgan fingerprint density at radius 2 is 2.15 bits per heavy atom. The lowest BCUT2D eigenvalue weighted by molar-refractivity contribution is 0.260. The summed E-state index contributed by atoms with van der Waals surface area (Å²) in [7, 11) is 1.86. The number of nitrogens with zero attached hydrogens (tertiary/aromatic N) is 3. The van der Waals surface area contributed by atoms with Gasteiger partial charge in [-0.1, -0.05) is 13.8 Å². The van der Waals surface area contributed by atoms with Crippen molar-refractivity contribution in [1.29, 1.82) is 0 Å². The van der Waals surface area contributed by atoms with E-state index in [1.54, 1.807) is 4.88 Å². The van der Waals surface area contributed by atoms with Crippen LogP contribution in [-0.2, 0) is 13.0 Å². The molecule has 0 fully saturated rings. The second-order valence-electron chi connectivity index (χ2n) is 7.11. The Hall–Kier alpha value is -0.380. The van der Waals surface area contributed by atoms with E-state index >= 15 is 0 Å². The summed E-state index contributed by atoms with van der Waals surface area (Å²) < 4.78 is 0. The van der Waals surface area contributed by atoms with Gasteiger partial charge in [-0.3, -0.25) is 9.89 Å². The second kappa shape index (κ2) is 13.7. The minimum atomic E-state index is 0. The Labute approximate surface area is 187 Å². The lowest BCUT2D eigenvalue weighted by Gasteiger charge is -2.27. The zero-order chi connectivity index (χ0) is 18.8. The zero-order valence-corrected chi connectivity index (χ0v) is 20.6. The maximum atomic E-state index is 4.38. The van der Waals surface area contributed by atoms with Crippen LogP contribution >= 0.6 is 35.3 Å². The van der Waals surface area contributed by atoms with Crippen molar-refractivity contribution in [2.45, 2.75) is 52.6 Å². The van der Waals surface area contributed by atoms with E-state index in [-0.39, 0.29) is 24.0 Å². The van der Waals surface area contributed by atoms with Crippen molar-refractivity contribution >= 4 is 41.3 Å². The third-order valence-corrected chi connectivity index (χ3v) is 6.24. The Balaban J connectivity index is 0.00000364. The molecule has 0 saturated heterocycles. The fourth-order valence-electron chi connectivity index (χ4n) is 3.49. The van der Waals surface area contributed by atoms with Crippen LogP contribution in [0.5, 0.6) is 0 Å². The molecule has 0 radical (unpaired) electrons. The summed E-state index contributed by atoms with van der Waals surface area (Å²) in [6, 6.07) is 2.72. The van der Waals surface area contributed by atoms with E-state index in [2.05, 4.69) is 57.6 Å². The number of nitrogens with one attached hydrogen (secondary N) is 2. The summed E-state index contributed by atoms with van der Waals surface area (Å²) in [4.78, 5) is 11.0. The summed E-state index contributed by atoms with van der Waals surface area (Å²) >= 11 is 1.90. The van der Waals surface area contributed by atoms with Crippen molar-refractivity contribution in [2.24, 2.45) is 4.99 Å². The van der Waals surface area contributed by atoms with E-state index in [1.807, 2.05) is 18.4 Å².